The molecule has 0 saturated carbocycles. The van der Waals surface area contributed by atoms with Gasteiger partial charge in [-0.25, -0.2) is 0 Å². The summed E-state index contributed by atoms with van der Waals surface area (Å²) in [5.74, 6) is -0.0848. The molecule has 3 nitrogen and oxygen atoms in total. The van der Waals surface area contributed by atoms with E-state index in [1.165, 1.54) is 12.1 Å². The van der Waals surface area contributed by atoms with E-state index in [0.29, 0.717) is 12.8 Å². The van der Waals surface area contributed by atoms with Gasteiger partial charge in [-0.15, -0.1) is 0 Å². The molecule has 0 spiro atoms. The van der Waals surface area contributed by atoms with Crippen LogP contribution in [0.25, 0.3) is 0 Å². The molecule has 0 aromatic heterocycles. The molecule has 2 unspecified atom stereocenters. The van der Waals surface area contributed by atoms with Crippen molar-refractivity contribution in [3.8, 4) is 11.8 Å². The Kier molecular flexibility index (Phi) is 6.69. The van der Waals surface area contributed by atoms with Crippen molar-refractivity contribution in [2.24, 2.45) is 5.92 Å². The number of nitrogens with zero attached hydrogens (tertiary/aromatic N) is 1. The number of aliphatic hydroxyl groups excluding tert-OH is 1. The van der Waals surface area contributed by atoms with E-state index in [9.17, 15) is 18.3 Å². The van der Waals surface area contributed by atoms with Crippen LogP contribution in [0.5, 0.6) is 5.75 Å². The van der Waals surface area contributed by atoms with Gasteiger partial charge in [0.1, 0.15) is 5.75 Å². The van der Waals surface area contributed by atoms with Crippen LogP contribution in [0.2, 0.25) is 0 Å². The lowest BCUT2D eigenvalue weighted by Crippen LogP contribution is -2.25. The number of halogens is 3. The molecule has 1 rings (SSSR count). The highest BCUT2D eigenvalue weighted by molar-refractivity contribution is 5.44. The van der Waals surface area contributed by atoms with Crippen molar-refractivity contribution in [1.29, 1.82) is 5.26 Å². The van der Waals surface area contributed by atoms with Crippen LogP contribution in [0, 0.1) is 17.2 Å². The smallest absolute Gasteiger partial charge is 0.417 e. The fraction of sp³-hybridized carbons (Fsp3) is 0.562. The van der Waals surface area contributed by atoms with Gasteiger partial charge in [-0.3, -0.25) is 0 Å². The average molecular weight is 315 g/mol. The van der Waals surface area contributed by atoms with Crippen molar-refractivity contribution in [1.82, 2.24) is 0 Å². The third-order valence-corrected chi connectivity index (χ3v) is 3.53. The second-order valence-corrected chi connectivity index (χ2v) is 5.15. The molecule has 0 aliphatic carbocycles. The maximum atomic E-state index is 12.9. The van der Waals surface area contributed by atoms with Crippen LogP contribution >= 0.6 is 0 Å². The maximum absolute atomic E-state index is 12.9. The number of nitriles is 1. The third-order valence-electron chi connectivity index (χ3n) is 3.53. The summed E-state index contributed by atoms with van der Waals surface area (Å²) < 4.78 is 44.0. The van der Waals surface area contributed by atoms with Gasteiger partial charge in [0, 0.05) is 5.92 Å². The SMILES string of the molecule is CCCC(O)C(CC)COc1ccc(C#N)c(C(F)(F)F)c1. The van der Waals surface area contributed by atoms with E-state index in [1.807, 2.05) is 13.8 Å². The number of hydrogen-bond acceptors (Lipinski definition) is 3. The number of hydrogen-bond donors (Lipinski definition) is 1. The quantitative estimate of drug-likeness (QED) is 0.822. The van der Waals surface area contributed by atoms with Crippen LogP contribution in [0.4, 0.5) is 13.2 Å². The first kappa shape index (κ1) is 18.3. The Morgan fingerprint density at radius 1 is 1.32 bits per heavy atom. The van der Waals surface area contributed by atoms with E-state index < -0.39 is 23.4 Å². The molecule has 0 aliphatic heterocycles. The van der Waals surface area contributed by atoms with Gasteiger partial charge < -0.3 is 9.84 Å². The molecule has 0 amide bonds. The van der Waals surface area contributed by atoms with E-state index in [4.69, 9.17) is 10.00 Å². The molecule has 0 heterocycles. The minimum atomic E-state index is -4.60. The van der Waals surface area contributed by atoms with Gasteiger partial charge in [-0.1, -0.05) is 20.3 Å². The lowest BCUT2D eigenvalue weighted by Gasteiger charge is -2.22. The van der Waals surface area contributed by atoms with Crippen LogP contribution in [-0.2, 0) is 6.18 Å². The number of aliphatic hydroxyl groups is 1. The van der Waals surface area contributed by atoms with Crippen molar-refractivity contribution in [2.75, 3.05) is 6.61 Å². The molecule has 2 atom stereocenters. The second-order valence-electron chi connectivity index (χ2n) is 5.15. The molecule has 1 aromatic rings. The summed E-state index contributed by atoms with van der Waals surface area (Å²) >= 11 is 0. The summed E-state index contributed by atoms with van der Waals surface area (Å²) in [5, 5.41) is 18.7. The van der Waals surface area contributed by atoms with Gasteiger partial charge in [-0.2, -0.15) is 18.4 Å². The van der Waals surface area contributed by atoms with Crippen molar-refractivity contribution in [3.63, 3.8) is 0 Å². The summed E-state index contributed by atoms with van der Waals surface area (Å²) in [4.78, 5) is 0. The predicted octanol–water partition coefficient (Wildman–Crippen LogP) is 4.14. The largest absolute Gasteiger partial charge is 0.493 e. The molecular formula is C16H20F3NO2. The summed E-state index contributed by atoms with van der Waals surface area (Å²) in [6.07, 6.45) is -3.01. The van der Waals surface area contributed by atoms with Crippen LogP contribution in [0.1, 0.15) is 44.2 Å². The zero-order chi connectivity index (χ0) is 16.8. The van der Waals surface area contributed by atoms with Crippen molar-refractivity contribution >= 4 is 0 Å². The zero-order valence-electron chi connectivity index (χ0n) is 12.7. The maximum Gasteiger partial charge on any atom is 0.417 e. The van der Waals surface area contributed by atoms with Gasteiger partial charge in [0.25, 0.3) is 0 Å². The first-order valence-corrected chi connectivity index (χ1v) is 7.25. The van der Waals surface area contributed by atoms with Gasteiger partial charge in [-0.05, 0) is 31.0 Å². The molecule has 0 radical (unpaired) electrons. The Labute approximate surface area is 128 Å². The van der Waals surface area contributed by atoms with Gasteiger partial charge in [0.15, 0.2) is 0 Å². The minimum Gasteiger partial charge on any atom is -0.493 e. The van der Waals surface area contributed by atoms with E-state index in [1.54, 1.807) is 0 Å². The Morgan fingerprint density at radius 2 is 2.00 bits per heavy atom. The molecule has 0 fully saturated rings. The second kappa shape index (κ2) is 8.04. The Bertz CT molecular complexity index is 523. The molecule has 0 aliphatic rings. The zero-order valence-corrected chi connectivity index (χ0v) is 12.7. The number of ether oxygens (including phenoxy) is 1. The first-order valence-electron chi connectivity index (χ1n) is 7.25. The highest BCUT2D eigenvalue weighted by atomic mass is 19.4. The molecular weight excluding hydrogens is 295 g/mol. The van der Waals surface area contributed by atoms with Crippen LogP contribution < -0.4 is 4.74 Å². The first-order chi connectivity index (χ1) is 10.3. The number of rotatable bonds is 7. The van der Waals surface area contributed by atoms with Crippen LogP contribution in [0.15, 0.2) is 18.2 Å². The van der Waals surface area contributed by atoms with Crippen molar-refractivity contribution in [2.45, 2.75) is 45.4 Å². The summed E-state index contributed by atoms with van der Waals surface area (Å²) in [6.45, 7) is 3.99. The third kappa shape index (κ3) is 4.92. The number of benzene rings is 1. The predicted molar refractivity (Wildman–Crippen MR) is 76.3 cm³/mol. The highest BCUT2D eigenvalue weighted by Gasteiger charge is 2.34. The summed E-state index contributed by atoms with van der Waals surface area (Å²) in [5.41, 5.74) is -1.44. The van der Waals surface area contributed by atoms with Crippen molar-refractivity contribution < 1.29 is 23.0 Å². The normalized spacial score (nSPS) is 14.2. The van der Waals surface area contributed by atoms with E-state index >= 15 is 0 Å². The summed E-state index contributed by atoms with van der Waals surface area (Å²) in [7, 11) is 0. The molecule has 0 bridgehead atoms. The molecule has 1 N–H and O–H groups in total. The average Bonchev–Trinajstić information content (AvgIpc) is 2.47. The van der Waals surface area contributed by atoms with Crippen LogP contribution in [-0.4, -0.2) is 17.8 Å². The van der Waals surface area contributed by atoms with Crippen LogP contribution in [0.3, 0.4) is 0 Å². The fourth-order valence-electron chi connectivity index (χ4n) is 2.18. The van der Waals surface area contributed by atoms with E-state index in [2.05, 4.69) is 0 Å². The monoisotopic (exact) mass is 315 g/mol. The molecule has 0 saturated heterocycles. The Balaban J connectivity index is 2.84. The molecule has 122 valence electrons. The standard InChI is InChI=1S/C16H20F3NO2/c1-3-5-15(21)11(4-2)10-22-13-7-6-12(9-20)14(8-13)16(17,18)19/h6-8,11,15,21H,3-5,10H2,1-2H3. The lowest BCUT2D eigenvalue weighted by atomic mass is 9.97. The van der Waals surface area contributed by atoms with E-state index in [-0.39, 0.29) is 18.3 Å². The van der Waals surface area contributed by atoms with Crippen molar-refractivity contribution in [3.05, 3.63) is 29.3 Å². The van der Waals surface area contributed by atoms with E-state index in [0.717, 1.165) is 18.6 Å². The highest BCUT2D eigenvalue weighted by Crippen LogP contribution is 2.34. The molecule has 1 aromatic carbocycles. The van der Waals surface area contributed by atoms with Gasteiger partial charge in [0.05, 0.1) is 29.9 Å². The fourth-order valence-corrected chi connectivity index (χ4v) is 2.18. The van der Waals surface area contributed by atoms with Gasteiger partial charge in [0.2, 0.25) is 0 Å². The number of alkyl halides is 3. The molecule has 6 heteroatoms. The Hall–Kier alpha value is -1.74. The molecule has 22 heavy (non-hydrogen) atoms. The lowest BCUT2D eigenvalue weighted by molar-refractivity contribution is -0.137. The topological polar surface area (TPSA) is 53.2 Å². The minimum absolute atomic E-state index is 0.0495. The Morgan fingerprint density at radius 3 is 2.50 bits per heavy atom. The summed E-state index contributed by atoms with van der Waals surface area (Å²) in [6, 6.07) is 4.79. The van der Waals surface area contributed by atoms with Gasteiger partial charge >= 0.3 is 6.18 Å².